The van der Waals surface area contributed by atoms with E-state index in [4.69, 9.17) is 4.74 Å². The Bertz CT molecular complexity index is 961. The van der Waals surface area contributed by atoms with Gasteiger partial charge in [0.05, 0.1) is 11.4 Å². The Labute approximate surface area is 162 Å². The molecule has 3 heterocycles. The van der Waals surface area contributed by atoms with Gasteiger partial charge in [0.25, 0.3) is 5.56 Å². The van der Waals surface area contributed by atoms with E-state index in [9.17, 15) is 19.5 Å². The van der Waals surface area contributed by atoms with Crippen molar-refractivity contribution in [3.8, 4) is 0 Å². The Hall–Kier alpha value is -2.84. The molecule has 152 valence electrons. The maximum Gasteiger partial charge on any atom is 0.410 e. The van der Waals surface area contributed by atoms with Crippen LogP contribution < -0.4 is 5.56 Å². The van der Waals surface area contributed by atoms with E-state index in [0.717, 1.165) is 0 Å². The van der Waals surface area contributed by atoms with Crippen LogP contribution in [-0.2, 0) is 11.2 Å². The lowest BCUT2D eigenvalue weighted by Crippen LogP contribution is -2.41. The molecule has 2 N–H and O–H groups in total. The molecular formula is C19H26N4O5. The Balaban J connectivity index is 1.88. The number of carboxylic acids is 1. The number of nitrogens with one attached hydrogen (secondary N) is 1. The number of carboxylic acid groups (broad SMARTS) is 1. The number of amides is 1. The van der Waals surface area contributed by atoms with Gasteiger partial charge in [0.2, 0.25) is 0 Å². The highest BCUT2D eigenvalue weighted by molar-refractivity contribution is 5.95. The molecular weight excluding hydrogens is 364 g/mol. The molecule has 3 rings (SSSR count). The number of carbonyl (C=O) groups excluding carboxylic acids is 1. The molecule has 1 aliphatic heterocycles. The monoisotopic (exact) mass is 390 g/mol. The van der Waals surface area contributed by atoms with Crippen molar-refractivity contribution in [1.82, 2.24) is 19.5 Å². The predicted octanol–water partition coefficient (Wildman–Crippen LogP) is 2.40. The van der Waals surface area contributed by atoms with Crippen molar-refractivity contribution in [2.75, 3.05) is 13.1 Å². The number of hydrogen-bond acceptors (Lipinski definition) is 5. The largest absolute Gasteiger partial charge is 0.477 e. The summed E-state index contributed by atoms with van der Waals surface area (Å²) in [6, 6.07) is 1.47. The first-order valence-corrected chi connectivity index (χ1v) is 9.46. The molecule has 0 saturated carbocycles. The molecule has 2 aromatic heterocycles. The molecule has 1 amide bonds. The normalized spacial score (nSPS) is 15.8. The average molecular weight is 390 g/mol. The SMILES string of the molecule is CCc1nn2c(C3CCN(C(=O)OC(C)(C)C)CC3)cc(=O)[nH]c2c1C(=O)O. The highest BCUT2D eigenvalue weighted by Gasteiger charge is 2.30. The van der Waals surface area contributed by atoms with Crippen LogP contribution in [0.2, 0.25) is 0 Å². The summed E-state index contributed by atoms with van der Waals surface area (Å²) in [6.07, 6.45) is 1.38. The number of nitrogens with zero attached hydrogens (tertiary/aromatic N) is 3. The first-order chi connectivity index (χ1) is 13.1. The Morgan fingerprint density at radius 3 is 2.50 bits per heavy atom. The molecule has 2 aromatic rings. The highest BCUT2D eigenvalue weighted by Crippen LogP contribution is 2.29. The molecule has 1 aliphatic rings. The maximum atomic E-state index is 12.3. The van der Waals surface area contributed by atoms with Crippen molar-refractivity contribution in [3.63, 3.8) is 0 Å². The van der Waals surface area contributed by atoms with Gasteiger partial charge in [-0.15, -0.1) is 0 Å². The zero-order valence-corrected chi connectivity index (χ0v) is 16.6. The number of piperidine rings is 1. The third-order valence-electron chi connectivity index (χ3n) is 4.84. The molecule has 0 aromatic carbocycles. The highest BCUT2D eigenvalue weighted by atomic mass is 16.6. The first kappa shape index (κ1) is 19.9. The fraction of sp³-hybridized carbons (Fsp3) is 0.579. The van der Waals surface area contributed by atoms with Gasteiger partial charge in [-0.2, -0.15) is 5.10 Å². The molecule has 0 unspecified atom stereocenters. The summed E-state index contributed by atoms with van der Waals surface area (Å²) in [5.41, 5.74) is 0.439. The van der Waals surface area contributed by atoms with E-state index in [2.05, 4.69) is 10.1 Å². The van der Waals surface area contributed by atoms with Gasteiger partial charge in [-0.05, 0) is 40.0 Å². The lowest BCUT2D eigenvalue weighted by Gasteiger charge is -2.33. The van der Waals surface area contributed by atoms with Crippen molar-refractivity contribution < 1.29 is 19.4 Å². The number of ether oxygens (including phenoxy) is 1. The van der Waals surface area contributed by atoms with E-state index >= 15 is 0 Å². The van der Waals surface area contributed by atoms with E-state index in [0.29, 0.717) is 43.7 Å². The number of H-pyrrole nitrogens is 1. The lowest BCUT2D eigenvalue weighted by molar-refractivity contribution is 0.0203. The fourth-order valence-corrected chi connectivity index (χ4v) is 3.56. The number of aromatic amines is 1. The van der Waals surface area contributed by atoms with Crippen molar-refractivity contribution in [2.24, 2.45) is 0 Å². The molecule has 1 fully saturated rings. The lowest BCUT2D eigenvalue weighted by atomic mass is 9.93. The third-order valence-corrected chi connectivity index (χ3v) is 4.84. The summed E-state index contributed by atoms with van der Waals surface area (Å²) in [6.45, 7) is 8.31. The summed E-state index contributed by atoms with van der Waals surface area (Å²) >= 11 is 0. The summed E-state index contributed by atoms with van der Waals surface area (Å²) in [5, 5.41) is 14.0. The topological polar surface area (TPSA) is 117 Å². The Kier molecular flexibility index (Phi) is 5.18. The minimum absolute atomic E-state index is 0.00487. The molecule has 9 nitrogen and oxygen atoms in total. The molecule has 28 heavy (non-hydrogen) atoms. The number of aromatic nitrogens is 3. The zero-order valence-electron chi connectivity index (χ0n) is 16.6. The first-order valence-electron chi connectivity index (χ1n) is 9.46. The number of fused-ring (bicyclic) bond motifs is 1. The molecule has 0 aliphatic carbocycles. The van der Waals surface area contributed by atoms with Crippen LogP contribution in [0.4, 0.5) is 4.79 Å². The fourth-order valence-electron chi connectivity index (χ4n) is 3.56. The second-order valence-electron chi connectivity index (χ2n) is 8.04. The van der Waals surface area contributed by atoms with Crippen molar-refractivity contribution in [2.45, 2.75) is 58.5 Å². The summed E-state index contributed by atoms with van der Waals surface area (Å²) < 4.78 is 6.96. The molecule has 1 saturated heterocycles. The van der Waals surface area contributed by atoms with E-state index in [-0.39, 0.29) is 28.8 Å². The number of carbonyl (C=O) groups is 2. The van der Waals surface area contributed by atoms with Crippen LogP contribution in [0.1, 0.15) is 68.2 Å². The van der Waals surface area contributed by atoms with Gasteiger partial charge in [-0.3, -0.25) is 4.79 Å². The number of aryl methyl sites for hydroxylation is 1. The quantitative estimate of drug-likeness (QED) is 0.831. The van der Waals surface area contributed by atoms with Crippen LogP contribution in [0.15, 0.2) is 10.9 Å². The van der Waals surface area contributed by atoms with E-state index in [1.165, 1.54) is 10.6 Å². The van der Waals surface area contributed by atoms with E-state index in [1.54, 1.807) is 4.90 Å². The van der Waals surface area contributed by atoms with Crippen molar-refractivity contribution in [3.05, 3.63) is 33.4 Å². The number of rotatable bonds is 3. The van der Waals surface area contributed by atoms with Gasteiger partial charge in [-0.1, -0.05) is 6.92 Å². The summed E-state index contributed by atoms with van der Waals surface area (Å²) in [4.78, 5) is 40.3. The van der Waals surface area contributed by atoms with Gasteiger partial charge >= 0.3 is 12.1 Å². The Morgan fingerprint density at radius 2 is 1.96 bits per heavy atom. The van der Waals surface area contributed by atoms with Crippen LogP contribution in [0.3, 0.4) is 0 Å². The van der Waals surface area contributed by atoms with Gasteiger partial charge in [0, 0.05) is 25.1 Å². The standard InChI is InChI=1S/C19H26N4O5/c1-5-12-15(17(25)26)16-20-14(24)10-13(23(16)21-12)11-6-8-22(9-7-11)18(27)28-19(2,3)4/h10-11H,5-9H2,1-4H3,(H,20,24)(H,25,26). The molecule has 0 atom stereocenters. The molecule has 0 spiro atoms. The summed E-state index contributed by atoms with van der Waals surface area (Å²) in [7, 11) is 0. The predicted molar refractivity (Wildman–Crippen MR) is 102 cm³/mol. The van der Waals surface area contributed by atoms with Gasteiger partial charge in [-0.25, -0.2) is 14.1 Å². The summed E-state index contributed by atoms with van der Waals surface area (Å²) in [5.74, 6) is -1.12. The minimum atomic E-state index is -1.11. The molecule has 9 heteroatoms. The second-order valence-corrected chi connectivity index (χ2v) is 8.04. The number of aromatic carboxylic acids is 1. The molecule has 0 bridgehead atoms. The van der Waals surface area contributed by atoms with Crippen LogP contribution in [-0.4, -0.2) is 55.4 Å². The van der Waals surface area contributed by atoms with E-state index in [1.807, 2.05) is 27.7 Å². The Morgan fingerprint density at radius 1 is 1.32 bits per heavy atom. The van der Waals surface area contributed by atoms with Gasteiger partial charge < -0.3 is 19.7 Å². The van der Waals surface area contributed by atoms with Crippen molar-refractivity contribution >= 4 is 17.7 Å². The van der Waals surface area contributed by atoms with Crippen LogP contribution in [0, 0.1) is 0 Å². The average Bonchev–Trinajstić information content (AvgIpc) is 2.98. The van der Waals surface area contributed by atoms with Crippen LogP contribution in [0.25, 0.3) is 5.65 Å². The zero-order chi connectivity index (χ0) is 20.6. The van der Waals surface area contributed by atoms with Crippen LogP contribution >= 0.6 is 0 Å². The smallest absolute Gasteiger partial charge is 0.410 e. The van der Waals surface area contributed by atoms with Gasteiger partial charge in [0.1, 0.15) is 11.2 Å². The maximum absolute atomic E-state index is 12.3. The van der Waals surface area contributed by atoms with E-state index < -0.39 is 11.6 Å². The van der Waals surface area contributed by atoms with Crippen molar-refractivity contribution in [1.29, 1.82) is 0 Å². The number of hydrogen-bond donors (Lipinski definition) is 2. The van der Waals surface area contributed by atoms with Crippen LogP contribution in [0.5, 0.6) is 0 Å². The molecule has 0 radical (unpaired) electrons. The van der Waals surface area contributed by atoms with Gasteiger partial charge in [0.15, 0.2) is 5.65 Å². The minimum Gasteiger partial charge on any atom is -0.477 e. The number of likely N-dealkylation sites (tertiary alicyclic amines) is 1. The third kappa shape index (κ3) is 3.88. The second kappa shape index (κ2) is 7.29.